The zero-order valence-electron chi connectivity index (χ0n) is 15.6. The number of pyridine rings is 1. The molecule has 2 aliphatic rings. The van der Waals surface area contributed by atoms with Crippen molar-refractivity contribution in [3.63, 3.8) is 0 Å². The van der Waals surface area contributed by atoms with Crippen molar-refractivity contribution < 1.29 is 22.7 Å². The van der Waals surface area contributed by atoms with Gasteiger partial charge in [-0.15, -0.1) is 0 Å². The van der Waals surface area contributed by atoms with Gasteiger partial charge in [-0.3, -0.25) is 9.78 Å². The van der Waals surface area contributed by atoms with Crippen molar-refractivity contribution in [2.45, 2.75) is 44.2 Å². The Morgan fingerprint density at radius 1 is 1.21 bits per heavy atom. The molecule has 1 saturated carbocycles. The second-order valence-electron chi connectivity index (χ2n) is 7.54. The Bertz CT molecular complexity index is 1050. The van der Waals surface area contributed by atoms with Crippen LogP contribution in [0.5, 0.6) is 0 Å². The minimum Gasteiger partial charge on any atom is -0.449 e. The van der Waals surface area contributed by atoms with Crippen LogP contribution in [0, 0.1) is 0 Å². The molecule has 1 aliphatic heterocycles. The first kappa shape index (κ1) is 18.9. The van der Waals surface area contributed by atoms with Crippen LogP contribution in [0.1, 0.15) is 48.2 Å². The molecular weight excluding hydrogens is 380 g/mol. The lowest BCUT2D eigenvalue weighted by Crippen LogP contribution is -2.42. The van der Waals surface area contributed by atoms with Gasteiger partial charge >= 0.3 is 5.97 Å². The molecule has 2 heterocycles. The number of sulfone groups is 1. The van der Waals surface area contributed by atoms with Crippen LogP contribution < -0.4 is 5.32 Å². The van der Waals surface area contributed by atoms with Gasteiger partial charge in [-0.05, 0) is 38.3 Å². The molecule has 2 atom stereocenters. The van der Waals surface area contributed by atoms with Gasteiger partial charge in [-0.1, -0.05) is 18.2 Å². The molecule has 1 aromatic carbocycles. The van der Waals surface area contributed by atoms with E-state index < -0.39 is 33.9 Å². The predicted octanol–water partition coefficient (Wildman–Crippen LogP) is 1.96. The number of carbonyl (C=O) groups is 2. The SMILES string of the molecule is C[C@H](OC(=O)c1cc(C2CC2)nc2ccccc12)C(=O)N[C@H]1CCS(=O)(=O)C1. The minimum absolute atomic E-state index is 0.0685. The highest BCUT2D eigenvalue weighted by molar-refractivity contribution is 7.91. The summed E-state index contributed by atoms with van der Waals surface area (Å²) in [5, 5.41) is 3.35. The summed E-state index contributed by atoms with van der Waals surface area (Å²) in [6.07, 6.45) is 1.48. The van der Waals surface area contributed by atoms with E-state index in [2.05, 4.69) is 10.3 Å². The van der Waals surface area contributed by atoms with Gasteiger partial charge in [0.05, 0.1) is 22.6 Å². The number of amides is 1. The number of nitrogens with one attached hydrogen (secondary N) is 1. The van der Waals surface area contributed by atoms with Crippen LogP contribution in [-0.4, -0.2) is 48.9 Å². The predicted molar refractivity (Wildman–Crippen MR) is 104 cm³/mol. The van der Waals surface area contributed by atoms with E-state index in [1.165, 1.54) is 6.92 Å². The lowest BCUT2D eigenvalue weighted by molar-refractivity contribution is -0.129. The van der Waals surface area contributed by atoms with Crippen LogP contribution >= 0.6 is 0 Å². The van der Waals surface area contributed by atoms with Crippen molar-refractivity contribution in [3.8, 4) is 0 Å². The molecule has 148 valence electrons. The number of carbonyl (C=O) groups excluding carboxylic acids is 2. The molecular formula is C20H22N2O5S. The highest BCUT2D eigenvalue weighted by Gasteiger charge is 2.31. The first-order valence-corrected chi connectivity index (χ1v) is 11.3. The highest BCUT2D eigenvalue weighted by Crippen LogP contribution is 2.40. The molecule has 1 amide bonds. The maximum Gasteiger partial charge on any atom is 0.339 e. The molecule has 8 heteroatoms. The van der Waals surface area contributed by atoms with Gasteiger partial charge < -0.3 is 10.1 Å². The minimum atomic E-state index is -3.09. The number of hydrogen-bond acceptors (Lipinski definition) is 6. The number of benzene rings is 1. The molecule has 1 aromatic heterocycles. The van der Waals surface area contributed by atoms with Crippen molar-refractivity contribution in [3.05, 3.63) is 41.6 Å². The number of hydrogen-bond donors (Lipinski definition) is 1. The maximum absolute atomic E-state index is 12.8. The summed E-state index contributed by atoms with van der Waals surface area (Å²) in [7, 11) is -3.09. The van der Waals surface area contributed by atoms with Crippen molar-refractivity contribution in [2.75, 3.05) is 11.5 Å². The lowest BCUT2D eigenvalue weighted by Gasteiger charge is -2.17. The first-order valence-electron chi connectivity index (χ1n) is 9.44. The standard InChI is InChI=1S/C20H22N2O5S/c1-12(19(23)21-14-8-9-28(25,26)11-14)27-20(24)16-10-18(13-6-7-13)22-17-5-3-2-4-15(16)17/h2-5,10,12-14H,6-9,11H2,1H3,(H,21,23)/t12-,14-/m0/s1. The quantitative estimate of drug-likeness (QED) is 0.767. The molecule has 7 nitrogen and oxygen atoms in total. The summed E-state index contributed by atoms with van der Waals surface area (Å²) in [4.78, 5) is 29.7. The van der Waals surface area contributed by atoms with E-state index in [4.69, 9.17) is 4.74 Å². The molecule has 1 saturated heterocycles. The van der Waals surface area contributed by atoms with Crippen molar-refractivity contribution in [1.82, 2.24) is 10.3 Å². The summed E-state index contributed by atoms with van der Waals surface area (Å²) in [6, 6.07) is 8.69. The van der Waals surface area contributed by atoms with Gasteiger partial charge in [0.1, 0.15) is 0 Å². The van der Waals surface area contributed by atoms with Crippen molar-refractivity contribution in [1.29, 1.82) is 0 Å². The van der Waals surface area contributed by atoms with Gasteiger partial charge in [0.15, 0.2) is 15.9 Å². The Morgan fingerprint density at radius 3 is 2.64 bits per heavy atom. The zero-order chi connectivity index (χ0) is 19.9. The average molecular weight is 402 g/mol. The van der Waals surface area contributed by atoms with Crippen LogP contribution in [0.15, 0.2) is 30.3 Å². The zero-order valence-corrected chi connectivity index (χ0v) is 16.4. The molecule has 4 rings (SSSR count). The third-order valence-electron chi connectivity index (χ3n) is 5.18. The number of aromatic nitrogens is 1. The summed E-state index contributed by atoms with van der Waals surface area (Å²) in [6.45, 7) is 1.49. The van der Waals surface area contributed by atoms with E-state index in [-0.39, 0.29) is 11.5 Å². The van der Waals surface area contributed by atoms with Crippen molar-refractivity contribution >= 4 is 32.6 Å². The van der Waals surface area contributed by atoms with E-state index in [1.807, 2.05) is 24.3 Å². The molecule has 0 radical (unpaired) electrons. The van der Waals surface area contributed by atoms with E-state index >= 15 is 0 Å². The van der Waals surface area contributed by atoms with E-state index in [9.17, 15) is 18.0 Å². The highest BCUT2D eigenvalue weighted by atomic mass is 32.2. The summed E-state index contributed by atoms with van der Waals surface area (Å²) >= 11 is 0. The van der Waals surface area contributed by atoms with E-state index in [0.29, 0.717) is 23.3 Å². The fraction of sp³-hybridized carbons (Fsp3) is 0.450. The topological polar surface area (TPSA) is 102 Å². The van der Waals surface area contributed by atoms with E-state index in [1.54, 1.807) is 6.07 Å². The summed E-state index contributed by atoms with van der Waals surface area (Å²) < 4.78 is 28.5. The number of nitrogens with zero attached hydrogens (tertiary/aromatic N) is 1. The maximum atomic E-state index is 12.8. The van der Waals surface area contributed by atoms with Crippen LogP contribution in [0.3, 0.4) is 0 Å². The van der Waals surface area contributed by atoms with Gasteiger partial charge in [0.25, 0.3) is 5.91 Å². The Morgan fingerprint density at radius 2 is 1.96 bits per heavy atom. The molecule has 0 unspecified atom stereocenters. The van der Waals surface area contributed by atoms with E-state index in [0.717, 1.165) is 24.1 Å². The normalized spacial score (nSPS) is 22.0. The van der Waals surface area contributed by atoms with Gasteiger partial charge in [-0.25, -0.2) is 13.2 Å². The number of esters is 1. The van der Waals surface area contributed by atoms with Gasteiger partial charge in [0.2, 0.25) is 0 Å². The van der Waals surface area contributed by atoms with Crippen LogP contribution in [-0.2, 0) is 19.4 Å². The van der Waals surface area contributed by atoms with Crippen molar-refractivity contribution in [2.24, 2.45) is 0 Å². The first-order chi connectivity index (χ1) is 13.3. The second-order valence-corrected chi connectivity index (χ2v) is 9.77. The molecule has 0 spiro atoms. The molecule has 2 aromatic rings. The molecule has 1 aliphatic carbocycles. The Kier molecular flexibility index (Phi) is 4.82. The smallest absolute Gasteiger partial charge is 0.339 e. The third-order valence-corrected chi connectivity index (χ3v) is 6.95. The fourth-order valence-electron chi connectivity index (χ4n) is 3.46. The third kappa shape index (κ3) is 4.01. The van der Waals surface area contributed by atoms with Crippen LogP contribution in [0.4, 0.5) is 0 Å². The Balaban J connectivity index is 1.49. The molecule has 2 fully saturated rings. The monoisotopic (exact) mass is 402 g/mol. The average Bonchev–Trinajstić information content (AvgIpc) is 3.45. The fourth-order valence-corrected chi connectivity index (χ4v) is 5.13. The Hall–Kier alpha value is -2.48. The number of para-hydroxylation sites is 1. The molecule has 0 bridgehead atoms. The summed E-state index contributed by atoms with van der Waals surface area (Å²) in [5.74, 6) is -0.697. The second kappa shape index (κ2) is 7.16. The summed E-state index contributed by atoms with van der Waals surface area (Å²) in [5.41, 5.74) is 2.00. The molecule has 28 heavy (non-hydrogen) atoms. The van der Waals surface area contributed by atoms with Crippen LogP contribution in [0.25, 0.3) is 10.9 Å². The van der Waals surface area contributed by atoms with Gasteiger partial charge in [0, 0.05) is 23.0 Å². The lowest BCUT2D eigenvalue weighted by atomic mass is 10.1. The number of ether oxygens (including phenoxy) is 1. The Labute approximate surface area is 163 Å². The molecule has 1 N–H and O–H groups in total. The van der Waals surface area contributed by atoms with Crippen LogP contribution in [0.2, 0.25) is 0 Å². The number of fused-ring (bicyclic) bond motifs is 1. The van der Waals surface area contributed by atoms with Gasteiger partial charge in [-0.2, -0.15) is 0 Å². The number of rotatable bonds is 5. The largest absolute Gasteiger partial charge is 0.449 e.